The first-order valence-electron chi connectivity index (χ1n) is 7.84. The van der Waals surface area contributed by atoms with Crippen molar-refractivity contribution in [3.05, 3.63) is 63.8 Å². The van der Waals surface area contributed by atoms with E-state index in [1.807, 2.05) is 42.5 Å². The molecule has 5 nitrogen and oxygen atoms in total. The molecule has 1 aliphatic heterocycles. The van der Waals surface area contributed by atoms with E-state index in [2.05, 4.69) is 21.2 Å². The Labute approximate surface area is 165 Å². The lowest BCUT2D eigenvalue weighted by molar-refractivity contribution is -0.121. The summed E-state index contributed by atoms with van der Waals surface area (Å²) in [6.07, 6.45) is 1.74. The van der Waals surface area contributed by atoms with Gasteiger partial charge >= 0.3 is 0 Å². The van der Waals surface area contributed by atoms with Gasteiger partial charge in [-0.1, -0.05) is 34.1 Å². The van der Waals surface area contributed by atoms with E-state index in [-0.39, 0.29) is 5.91 Å². The minimum Gasteiger partial charge on any atom is -0.493 e. The molecule has 0 aliphatic carbocycles. The minimum atomic E-state index is -0.162. The number of methoxy groups -OCH3 is 1. The second-order valence-electron chi connectivity index (χ2n) is 5.68. The Hall–Kier alpha value is -2.38. The van der Waals surface area contributed by atoms with Gasteiger partial charge in [0.2, 0.25) is 0 Å². The predicted molar refractivity (Wildman–Crippen MR) is 108 cm³/mol. The lowest BCUT2D eigenvalue weighted by Crippen LogP contribution is -2.25. The van der Waals surface area contributed by atoms with Crippen molar-refractivity contribution in [3.63, 3.8) is 0 Å². The van der Waals surface area contributed by atoms with Crippen molar-refractivity contribution >= 4 is 45.2 Å². The third-order valence-electron chi connectivity index (χ3n) is 3.89. The van der Waals surface area contributed by atoms with Gasteiger partial charge in [0, 0.05) is 11.5 Å². The topological polar surface area (TPSA) is 50.8 Å². The van der Waals surface area contributed by atoms with Gasteiger partial charge in [0.05, 0.1) is 7.11 Å². The Balaban J connectivity index is 1.76. The lowest BCUT2D eigenvalue weighted by atomic mass is 10.1. The third-order valence-corrected chi connectivity index (χ3v) is 4.79. The molecule has 0 radical (unpaired) electrons. The second kappa shape index (κ2) is 7.88. The molecule has 1 aliphatic rings. The summed E-state index contributed by atoms with van der Waals surface area (Å²) in [6, 6.07) is 13.4. The van der Waals surface area contributed by atoms with Gasteiger partial charge in [-0.15, -0.1) is 0 Å². The van der Waals surface area contributed by atoms with E-state index >= 15 is 0 Å². The molecule has 0 unspecified atom stereocenters. The van der Waals surface area contributed by atoms with Crippen LogP contribution in [0.2, 0.25) is 0 Å². The van der Waals surface area contributed by atoms with Gasteiger partial charge in [-0.05, 0) is 53.7 Å². The van der Waals surface area contributed by atoms with Crippen molar-refractivity contribution in [2.45, 2.75) is 6.61 Å². The number of nitrogens with zero attached hydrogens (tertiary/aromatic N) is 1. The molecule has 1 heterocycles. The predicted octanol–water partition coefficient (Wildman–Crippen LogP) is 3.72. The molecule has 0 spiro atoms. The van der Waals surface area contributed by atoms with Crippen LogP contribution in [0.4, 0.5) is 0 Å². The fraction of sp³-hybridized carbons (Fsp3) is 0.158. The Morgan fingerprint density at radius 3 is 2.54 bits per heavy atom. The van der Waals surface area contributed by atoms with Crippen LogP contribution < -0.4 is 14.8 Å². The number of amides is 1. The molecule has 0 bridgehead atoms. The van der Waals surface area contributed by atoms with Crippen LogP contribution >= 0.6 is 28.1 Å². The average molecular weight is 433 g/mol. The van der Waals surface area contributed by atoms with Crippen molar-refractivity contribution in [2.75, 3.05) is 14.2 Å². The highest BCUT2D eigenvalue weighted by atomic mass is 79.9. The standard InChI is InChI=1S/C19H17BrN2O3S/c1-22-18(23)15(21-19(22)26)9-13-5-8-16(17(10-13)24-2)25-11-12-3-6-14(20)7-4-12/h3-10H,11H2,1-2H3,(H,21,26)/b15-9-. The van der Waals surface area contributed by atoms with Crippen LogP contribution in [0, 0.1) is 0 Å². The van der Waals surface area contributed by atoms with E-state index in [9.17, 15) is 4.79 Å². The van der Waals surface area contributed by atoms with Gasteiger partial charge < -0.3 is 14.8 Å². The molecule has 3 rings (SSSR count). The van der Waals surface area contributed by atoms with E-state index in [0.717, 1.165) is 15.6 Å². The van der Waals surface area contributed by atoms with Crippen LogP contribution in [-0.2, 0) is 11.4 Å². The summed E-state index contributed by atoms with van der Waals surface area (Å²) in [4.78, 5) is 13.5. The monoisotopic (exact) mass is 432 g/mol. The first-order chi connectivity index (χ1) is 12.5. The zero-order chi connectivity index (χ0) is 18.7. The summed E-state index contributed by atoms with van der Waals surface area (Å²) >= 11 is 8.49. The molecule has 1 amide bonds. The second-order valence-corrected chi connectivity index (χ2v) is 6.98. The quantitative estimate of drug-likeness (QED) is 0.576. The number of benzene rings is 2. The normalized spacial score (nSPS) is 15.3. The van der Waals surface area contributed by atoms with Crippen molar-refractivity contribution in [2.24, 2.45) is 0 Å². The van der Waals surface area contributed by atoms with Crippen molar-refractivity contribution < 1.29 is 14.3 Å². The maximum absolute atomic E-state index is 12.1. The van der Waals surface area contributed by atoms with Gasteiger partial charge in [0.25, 0.3) is 5.91 Å². The minimum absolute atomic E-state index is 0.162. The molecule has 26 heavy (non-hydrogen) atoms. The number of ether oxygens (including phenoxy) is 2. The van der Waals surface area contributed by atoms with E-state index in [4.69, 9.17) is 21.7 Å². The average Bonchev–Trinajstić information content (AvgIpc) is 2.88. The van der Waals surface area contributed by atoms with Crippen molar-refractivity contribution in [1.29, 1.82) is 0 Å². The van der Waals surface area contributed by atoms with E-state index < -0.39 is 0 Å². The fourth-order valence-corrected chi connectivity index (χ4v) is 2.88. The molecule has 1 saturated heterocycles. The molecule has 134 valence electrons. The number of rotatable bonds is 5. The summed E-state index contributed by atoms with van der Waals surface area (Å²) in [6.45, 7) is 0.434. The molecular weight excluding hydrogens is 416 g/mol. The number of likely N-dealkylation sites (N-methyl/N-ethyl adjacent to an activating group) is 1. The molecule has 0 atom stereocenters. The number of hydrogen-bond donors (Lipinski definition) is 1. The number of carbonyl (C=O) groups is 1. The largest absolute Gasteiger partial charge is 0.493 e. The van der Waals surface area contributed by atoms with Gasteiger partial charge in [-0.25, -0.2) is 0 Å². The first-order valence-corrected chi connectivity index (χ1v) is 9.04. The summed E-state index contributed by atoms with van der Waals surface area (Å²) in [5, 5.41) is 3.29. The summed E-state index contributed by atoms with van der Waals surface area (Å²) in [7, 11) is 3.22. The maximum atomic E-state index is 12.1. The number of nitrogens with one attached hydrogen (secondary N) is 1. The smallest absolute Gasteiger partial charge is 0.276 e. The lowest BCUT2D eigenvalue weighted by Gasteiger charge is -2.11. The molecule has 1 N–H and O–H groups in total. The molecule has 7 heteroatoms. The Kier molecular flexibility index (Phi) is 5.58. The number of halogens is 1. The zero-order valence-corrected chi connectivity index (χ0v) is 16.7. The fourth-order valence-electron chi connectivity index (χ4n) is 2.42. The van der Waals surface area contributed by atoms with Crippen LogP contribution in [0.25, 0.3) is 6.08 Å². The van der Waals surface area contributed by atoms with Crippen LogP contribution in [0.3, 0.4) is 0 Å². The van der Waals surface area contributed by atoms with Crippen LogP contribution in [0.1, 0.15) is 11.1 Å². The van der Waals surface area contributed by atoms with Gasteiger partial charge in [0.15, 0.2) is 16.6 Å². The number of thiocarbonyl (C=S) groups is 1. The highest BCUT2D eigenvalue weighted by molar-refractivity contribution is 9.10. The molecular formula is C19H17BrN2O3S. The van der Waals surface area contributed by atoms with Crippen LogP contribution in [-0.4, -0.2) is 30.1 Å². The Bertz CT molecular complexity index is 881. The van der Waals surface area contributed by atoms with E-state index in [1.54, 1.807) is 20.2 Å². The van der Waals surface area contributed by atoms with Crippen LogP contribution in [0.5, 0.6) is 11.5 Å². The summed E-state index contributed by atoms with van der Waals surface area (Å²) in [5.41, 5.74) is 2.30. The molecule has 0 saturated carbocycles. The van der Waals surface area contributed by atoms with Crippen molar-refractivity contribution in [1.82, 2.24) is 10.2 Å². The maximum Gasteiger partial charge on any atom is 0.276 e. The van der Waals surface area contributed by atoms with E-state index in [1.165, 1.54) is 4.90 Å². The van der Waals surface area contributed by atoms with Gasteiger partial charge in [0.1, 0.15) is 12.3 Å². The van der Waals surface area contributed by atoms with Gasteiger partial charge in [-0.2, -0.15) is 0 Å². The Morgan fingerprint density at radius 2 is 1.92 bits per heavy atom. The highest BCUT2D eigenvalue weighted by Crippen LogP contribution is 2.30. The Morgan fingerprint density at radius 1 is 1.19 bits per heavy atom. The highest BCUT2D eigenvalue weighted by Gasteiger charge is 2.26. The third kappa shape index (κ3) is 4.05. The first kappa shape index (κ1) is 18.4. The van der Waals surface area contributed by atoms with Crippen LogP contribution in [0.15, 0.2) is 52.6 Å². The molecule has 2 aromatic rings. The molecule has 0 aromatic heterocycles. The zero-order valence-electron chi connectivity index (χ0n) is 14.3. The number of hydrogen-bond acceptors (Lipinski definition) is 4. The molecule has 1 fully saturated rings. The van der Waals surface area contributed by atoms with E-state index in [0.29, 0.717) is 28.9 Å². The van der Waals surface area contributed by atoms with Gasteiger partial charge in [-0.3, -0.25) is 9.69 Å². The van der Waals surface area contributed by atoms with Crippen molar-refractivity contribution in [3.8, 4) is 11.5 Å². The SMILES string of the molecule is COc1cc(/C=C2\NC(=S)N(C)C2=O)ccc1OCc1ccc(Br)cc1. The number of carbonyl (C=O) groups excluding carboxylic acids is 1. The molecule has 2 aromatic carbocycles. The summed E-state index contributed by atoms with van der Waals surface area (Å²) in [5.74, 6) is 1.07. The summed E-state index contributed by atoms with van der Waals surface area (Å²) < 4.78 is 12.3.